The SMILES string of the molecule is CN(C)C(=O)C1CSCN1C(=O)c1cc(-c2ccc(Cl)cc2)nc2ccccc12. The molecule has 0 aliphatic carbocycles. The van der Waals surface area contributed by atoms with Crippen molar-refractivity contribution in [2.75, 3.05) is 25.7 Å². The first kappa shape index (κ1) is 19.7. The number of amides is 2. The summed E-state index contributed by atoms with van der Waals surface area (Å²) < 4.78 is 0. The van der Waals surface area contributed by atoms with E-state index in [1.807, 2.05) is 42.5 Å². The van der Waals surface area contributed by atoms with Gasteiger partial charge in [0, 0.05) is 35.8 Å². The predicted molar refractivity (Wildman–Crippen MR) is 118 cm³/mol. The van der Waals surface area contributed by atoms with Crippen molar-refractivity contribution in [1.29, 1.82) is 0 Å². The maximum Gasteiger partial charge on any atom is 0.256 e. The van der Waals surface area contributed by atoms with Gasteiger partial charge in [0.15, 0.2) is 0 Å². The Bertz CT molecular complexity index is 1090. The number of pyridine rings is 1. The van der Waals surface area contributed by atoms with Crippen LogP contribution in [0.15, 0.2) is 54.6 Å². The Morgan fingerprint density at radius 1 is 1.14 bits per heavy atom. The Labute approximate surface area is 178 Å². The van der Waals surface area contributed by atoms with E-state index in [1.165, 1.54) is 0 Å². The number of nitrogens with zero attached hydrogens (tertiary/aromatic N) is 3. The van der Waals surface area contributed by atoms with Gasteiger partial charge in [-0.3, -0.25) is 9.59 Å². The second-order valence-electron chi connectivity index (χ2n) is 7.10. The second-order valence-corrected chi connectivity index (χ2v) is 8.54. The molecule has 2 amide bonds. The van der Waals surface area contributed by atoms with Crippen LogP contribution in [0.25, 0.3) is 22.2 Å². The van der Waals surface area contributed by atoms with Gasteiger partial charge in [0.2, 0.25) is 5.91 Å². The van der Waals surface area contributed by atoms with Gasteiger partial charge in [-0.05, 0) is 24.3 Å². The van der Waals surface area contributed by atoms with Crippen molar-refractivity contribution in [1.82, 2.24) is 14.8 Å². The number of thioether (sulfide) groups is 1. The number of hydrogen-bond donors (Lipinski definition) is 0. The van der Waals surface area contributed by atoms with Crippen molar-refractivity contribution >= 4 is 46.1 Å². The molecular formula is C22H20ClN3O2S. The van der Waals surface area contributed by atoms with Crippen LogP contribution >= 0.6 is 23.4 Å². The molecule has 148 valence electrons. The molecule has 7 heteroatoms. The van der Waals surface area contributed by atoms with Crippen molar-refractivity contribution in [3.63, 3.8) is 0 Å². The molecular weight excluding hydrogens is 406 g/mol. The maximum absolute atomic E-state index is 13.5. The summed E-state index contributed by atoms with van der Waals surface area (Å²) in [4.78, 5) is 34.0. The zero-order valence-corrected chi connectivity index (χ0v) is 17.7. The third kappa shape index (κ3) is 3.82. The molecule has 1 saturated heterocycles. The van der Waals surface area contributed by atoms with Crippen molar-refractivity contribution in [3.8, 4) is 11.3 Å². The number of carbonyl (C=O) groups excluding carboxylic acids is 2. The van der Waals surface area contributed by atoms with Crippen LogP contribution in [0.1, 0.15) is 10.4 Å². The van der Waals surface area contributed by atoms with E-state index in [1.54, 1.807) is 47.8 Å². The number of rotatable bonds is 3. The van der Waals surface area contributed by atoms with Crippen LogP contribution in [-0.4, -0.2) is 58.4 Å². The summed E-state index contributed by atoms with van der Waals surface area (Å²) in [6.07, 6.45) is 0. The van der Waals surface area contributed by atoms with E-state index in [0.717, 1.165) is 16.5 Å². The van der Waals surface area contributed by atoms with Crippen LogP contribution in [0, 0.1) is 0 Å². The number of benzene rings is 2. The number of halogens is 1. The normalized spacial score (nSPS) is 16.2. The molecule has 5 nitrogen and oxygen atoms in total. The van der Waals surface area contributed by atoms with Gasteiger partial charge in [0.25, 0.3) is 5.91 Å². The lowest BCUT2D eigenvalue weighted by molar-refractivity contribution is -0.132. The molecule has 0 radical (unpaired) electrons. The zero-order chi connectivity index (χ0) is 20.5. The molecule has 1 aromatic heterocycles. The van der Waals surface area contributed by atoms with E-state index in [9.17, 15) is 9.59 Å². The Morgan fingerprint density at radius 2 is 1.86 bits per heavy atom. The monoisotopic (exact) mass is 425 g/mol. The largest absolute Gasteiger partial charge is 0.347 e. The highest BCUT2D eigenvalue weighted by Gasteiger charge is 2.36. The first-order valence-electron chi connectivity index (χ1n) is 9.21. The van der Waals surface area contributed by atoms with Gasteiger partial charge >= 0.3 is 0 Å². The van der Waals surface area contributed by atoms with Crippen molar-refractivity contribution in [2.45, 2.75) is 6.04 Å². The number of fused-ring (bicyclic) bond motifs is 1. The van der Waals surface area contributed by atoms with Crippen molar-refractivity contribution in [3.05, 3.63) is 65.2 Å². The minimum atomic E-state index is -0.451. The Balaban J connectivity index is 1.80. The van der Waals surface area contributed by atoms with Gasteiger partial charge in [-0.25, -0.2) is 4.98 Å². The molecule has 4 rings (SSSR count). The minimum absolute atomic E-state index is 0.0559. The standard InChI is InChI=1S/C22H20ClN3O2S/c1-25(2)22(28)20-12-29-13-26(20)21(27)17-11-19(14-7-9-15(23)10-8-14)24-18-6-4-3-5-16(17)18/h3-11,20H,12-13H2,1-2H3. The molecule has 3 aromatic rings. The second kappa shape index (κ2) is 8.05. The van der Waals surface area contributed by atoms with Gasteiger partial charge < -0.3 is 9.80 Å². The fraction of sp³-hybridized carbons (Fsp3) is 0.227. The third-order valence-corrected chi connectivity index (χ3v) is 6.22. The summed E-state index contributed by atoms with van der Waals surface area (Å²) in [6, 6.07) is 16.3. The quantitative estimate of drug-likeness (QED) is 0.632. The Hall–Kier alpha value is -2.57. The summed E-state index contributed by atoms with van der Waals surface area (Å²) in [5, 5.41) is 1.42. The van der Waals surface area contributed by atoms with Crippen LogP contribution < -0.4 is 0 Å². The van der Waals surface area contributed by atoms with E-state index >= 15 is 0 Å². The van der Waals surface area contributed by atoms with E-state index in [-0.39, 0.29) is 11.8 Å². The fourth-order valence-electron chi connectivity index (χ4n) is 3.42. The maximum atomic E-state index is 13.5. The van der Waals surface area contributed by atoms with Crippen LogP contribution in [0.5, 0.6) is 0 Å². The van der Waals surface area contributed by atoms with Crippen LogP contribution in [0.4, 0.5) is 0 Å². The summed E-state index contributed by atoms with van der Waals surface area (Å²) in [6.45, 7) is 0. The first-order valence-corrected chi connectivity index (χ1v) is 10.7. The van der Waals surface area contributed by atoms with Gasteiger partial charge in [0.1, 0.15) is 6.04 Å². The molecule has 0 bridgehead atoms. The molecule has 0 saturated carbocycles. The smallest absolute Gasteiger partial charge is 0.256 e. The lowest BCUT2D eigenvalue weighted by atomic mass is 10.0. The zero-order valence-electron chi connectivity index (χ0n) is 16.1. The number of carbonyl (C=O) groups is 2. The molecule has 1 unspecified atom stereocenters. The van der Waals surface area contributed by atoms with E-state index in [2.05, 4.69) is 0 Å². The number of para-hydroxylation sites is 1. The fourth-order valence-corrected chi connectivity index (χ4v) is 4.69. The predicted octanol–water partition coefficient (Wildman–Crippen LogP) is 4.16. The summed E-state index contributed by atoms with van der Waals surface area (Å²) in [7, 11) is 3.43. The van der Waals surface area contributed by atoms with Gasteiger partial charge in [-0.2, -0.15) is 0 Å². The van der Waals surface area contributed by atoms with Gasteiger partial charge in [-0.1, -0.05) is 41.9 Å². The lowest BCUT2D eigenvalue weighted by Crippen LogP contribution is -2.46. The van der Waals surface area contributed by atoms with Gasteiger partial charge in [-0.15, -0.1) is 11.8 Å². The number of hydrogen-bond acceptors (Lipinski definition) is 4. The lowest BCUT2D eigenvalue weighted by Gasteiger charge is -2.26. The van der Waals surface area contributed by atoms with E-state index in [0.29, 0.717) is 27.9 Å². The molecule has 2 heterocycles. The molecule has 2 aromatic carbocycles. The minimum Gasteiger partial charge on any atom is -0.347 e. The van der Waals surface area contributed by atoms with Gasteiger partial charge in [0.05, 0.1) is 22.7 Å². The van der Waals surface area contributed by atoms with Crippen molar-refractivity contribution in [2.24, 2.45) is 0 Å². The molecule has 1 atom stereocenters. The molecule has 29 heavy (non-hydrogen) atoms. The highest BCUT2D eigenvalue weighted by Crippen LogP contribution is 2.30. The molecule has 1 aliphatic heterocycles. The molecule has 1 aliphatic rings. The average Bonchev–Trinajstić information content (AvgIpc) is 3.22. The number of aromatic nitrogens is 1. The number of likely N-dealkylation sites (N-methyl/N-ethyl adjacent to an activating group) is 1. The van der Waals surface area contributed by atoms with Crippen LogP contribution in [0.2, 0.25) is 5.02 Å². The van der Waals surface area contributed by atoms with Crippen LogP contribution in [0.3, 0.4) is 0 Å². The van der Waals surface area contributed by atoms with Crippen molar-refractivity contribution < 1.29 is 9.59 Å². The topological polar surface area (TPSA) is 53.5 Å². The average molecular weight is 426 g/mol. The Morgan fingerprint density at radius 3 is 2.59 bits per heavy atom. The van der Waals surface area contributed by atoms with Crippen LogP contribution in [-0.2, 0) is 4.79 Å². The molecule has 0 N–H and O–H groups in total. The summed E-state index contributed by atoms with van der Waals surface area (Å²) >= 11 is 7.61. The first-order chi connectivity index (χ1) is 14.0. The summed E-state index contributed by atoms with van der Waals surface area (Å²) in [5.41, 5.74) is 2.88. The Kier molecular flexibility index (Phi) is 5.48. The summed E-state index contributed by atoms with van der Waals surface area (Å²) in [5.74, 6) is 0.898. The molecule has 1 fully saturated rings. The van der Waals surface area contributed by atoms with E-state index in [4.69, 9.17) is 16.6 Å². The highest BCUT2D eigenvalue weighted by atomic mass is 35.5. The molecule has 0 spiro atoms. The third-order valence-electron chi connectivity index (χ3n) is 4.96. The van der Waals surface area contributed by atoms with E-state index < -0.39 is 6.04 Å². The highest BCUT2D eigenvalue weighted by molar-refractivity contribution is 7.99.